The molecule has 0 spiro atoms. The van der Waals surface area contributed by atoms with E-state index in [9.17, 15) is 8.42 Å². The van der Waals surface area contributed by atoms with Crippen molar-refractivity contribution >= 4 is 16.0 Å². The summed E-state index contributed by atoms with van der Waals surface area (Å²) in [5, 5.41) is 6.82. The number of rotatable bonds is 10. The first-order valence-corrected chi connectivity index (χ1v) is 11.2. The first-order valence-electron chi connectivity index (χ1n) is 9.64. The van der Waals surface area contributed by atoms with Gasteiger partial charge < -0.3 is 15.5 Å². The quantitative estimate of drug-likeness (QED) is 0.340. The van der Waals surface area contributed by atoms with Crippen molar-refractivity contribution in [1.82, 2.24) is 19.8 Å². The Kier molecular flexibility index (Phi) is 10.4. The molecule has 0 aromatic rings. The van der Waals surface area contributed by atoms with Gasteiger partial charge in [0.05, 0.1) is 5.75 Å². The monoisotopic (exact) mass is 375 g/mol. The van der Waals surface area contributed by atoms with Crippen molar-refractivity contribution < 1.29 is 8.42 Å². The molecule has 0 aromatic heterocycles. The van der Waals surface area contributed by atoms with Gasteiger partial charge in [0.2, 0.25) is 10.0 Å². The van der Waals surface area contributed by atoms with Gasteiger partial charge in [-0.05, 0) is 46.1 Å². The molecule has 2 N–H and O–H groups in total. The molecular weight excluding hydrogens is 338 g/mol. The Morgan fingerprint density at radius 1 is 1.24 bits per heavy atom. The van der Waals surface area contributed by atoms with Crippen LogP contribution in [0.2, 0.25) is 0 Å². The van der Waals surface area contributed by atoms with Crippen LogP contribution >= 0.6 is 0 Å². The second-order valence-corrected chi connectivity index (χ2v) is 8.96. The number of piperidine rings is 1. The zero-order chi connectivity index (χ0) is 18.7. The third kappa shape index (κ3) is 8.37. The maximum absolute atomic E-state index is 11.7. The fourth-order valence-electron chi connectivity index (χ4n) is 2.97. The highest BCUT2D eigenvalue weighted by atomic mass is 32.2. The summed E-state index contributed by atoms with van der Waals surface area (Å²) in [5.74, 6) is 0.991. The molecule has 0 unspecified atom stereocenters. The van der Waals surface area contributed by atoms with Crippen molar-refractivity contribution in [3.63, 3.8) is 0 Å². The number of likely N-dealkylation sites (tertiary alicyclic amines) is 1. The third-order valence-electron chi connectivity index (χ3n) is 4.55. The minimum absolute atomic E-state index is 0.147. The van der Waals surface area contributed by atoms with Gasteiger partial charge in [0.15, 0.2) is 5.96 Å². The highest BCUT2D eigenvalue weighted by Crippen LogP contribution is 2.10. The lowest BCUT2D eigenvalue weighted by molar-refractivity contribution is 0.206. The van der Waals surface area contributed by atoms with E-state index in [-0.39, 0.29) is 5.75 Å². The van der Waals surface area contributed by atoms with Crippen LogP contribution in [-0.4, -0.2) is 81.7 Å². The molecule has 0 atom stereocenters. The standard InChI is InChI=1S/C17H37N5O2S/c1-5-12-22-14-9-16(10-15-22)20-17(18-6-2)19-11-8-13-21(4)25(23,24)7-3/h16H,5-15H2,1-4H3,(H2,18,19,20). The Bertz CT molecular complexity index is 487. The maximum Gasteiger partial charge on any atom is 0.213 e. The summed E-state index contributed by atoms with van der Waals surface area (Å²) in [5.41, 5.74) is 0. The van der Waals surface area contributed by atoms with Gasteiger partial charge in [0.25, 0.3) is 0 Å². The second kappa shape index (κ2) is 11.7. The van der Waals surface area contributed by atoms with Gasteiger partial charge in [-0.15, -0.1) is 0 Å². The molecule has 0 bridgehead atoms. The second-order valence-electron chi connectivity index (χ2n) is 6.60. The van der Waals surface area contributed by atoms with E-state index in [0.29, 0.717) is 19.1 Å². The number of hydrogen-bond donors (Lipinski definition) is 2. The Morgan fingerprint density at radius 2 is 1.92 bits per heavy atom. The smallest absolute Gasteiger partial charge is 0.213 e. The highest BCUT2D eigenvalue weighted by Gasteiger charge is 2.19. The Balaban J connectivity index is 2.39. The van der Waals surface area contributed by atoms with Crippen molar-refractivity contribution in [2.24, 2.45) is 4.99 Å². The van der Waals surface area contributed by atoms with E-state index in [1.165, 1.54) is 17.3 Å². The molecule has 1 aliphatic rings. The van der Waals surface area contributed by atoms with Gasteiger partial charge in [-0.2, -0.15) is 0 Å². The van der Waals surface area contributed by atoms with Crippen LogP contribution in [0.5, 0.6) is 0 Å². The first kappa shape index (κ1) is 22.2. The predicted octanol–water partition coefficient (Wildman–Crippen LogP) is 1.09. The number of guanidine groups is 1. The molecule has 7 nitrogen and oxygen atoms in total. The van der Waals surface area contributed by atoms with Crippen molar-refractivity contribution in [1.29, 1.82) is 0 Å². The molecule has 1 fully saturated rings. The van der Waals surface area contributed by atoms with Gasteiger partial charge in [0, 0.05) is 45.8 Å². The largest absolute Gasteiger partial charge is 0.357 e. The van der Waals surface area contributed by atoms with Crippen molar-refractivity contribution in [3.8, 4) is 0 Å². The van der Waals surface area contributed by atoms with Crippen LogP contribution in [0.15, 0.2) is 4.99 Å². The van der Waals surface area contributed by atoms with E-state index >= 15 is 0 Å². The summed E-state index contributed by atoms with van der Waals surface area (Å²) >= 11 is 0. The lowest BCUT2D eigenvalue weighted by atomic mass is 10.1. The van der Waals surface area contributed by atoms with E-state index in [2.05, 4.69) is 34.4 Å². The average molecular weight is 376 g/mol. The molecule has 1 heterocycles. The van der Waals surface area contributed by atoms with E-state index in [0.717, 1.165) is 44.9 Å². The van der Waals surface area contributed by atoms with E-state index in [4.69, 9.17) is 0 Å². The summed E-state index contributed by atoms with van der Waals surface area (Å²) in [6.07, 6.45) is 4.22. The van der Waals surface area contributed by atoms with E-state index < -0.39 is 10.0 Å². The maximum atomic E-state index is 11.7. The zero-order valence-corrected chi connectivity index (χ0v) is 17.2. The van der Waals surface area contributed by atoms with E-state index in [1.807, 2.05) is 0 Å². The van der Waals surface area contributed by atoms with Crippen LogP contribution in [-0.2, 0) is 10.0 Å². The molecule has 148 valence electrons. The van der Waals surface area contributed by atoms with Gasteiger partial charge in [-0.25, -0.2) is 12.7 Å². The van der Waals surface area contributed by atoms with Crippen LogP contribution in [0.1, 0.15) is 46.5 Å². The normalized spacial score (nSPS) is 17.9. The minimum Gasteiger partial charge on any atom is -0.357 e. The average Bonchev–Trinajstić information content (AvgIpc) is 2.60. The number of nitrogens with one attached hydrogen (secondary N) is 2. The molecule has 1 saturated heterocycles. The first-order chi connectivity index (χ1) is 11.9. The molecule has 0 aromatic carbocycles. The highest BCUT2D eigenvalue weighted by molar-refractivity contribution is 7.89. The minimum atomic E-state index is -3.09. The van der Waals surface area contributed by atoms with Crippen LogP contribution < -0.4 is 10.6 Å². The zero-order valence-electron chi connectivity index (χ0n) is 16.4. The van der Waals surface area contributed by atoms with Gasteiger partial charge >= 0.3 is 0 Å². The summed E-state index contributed by atoms with van der Waals surface area (Å²) in [6, 6.07) is 0.467. The number of aliphatic imine (C=N–C) groups is 1. The lowest BCUT2D eigenvalue weighted by Gasteiger charge is -2.32. The molecule has 0 saturated carbocycles. The van der Waals surface area contributed by atoms with Crippen molar-refractivity contribution in [2.75, 3.05) is 52.1 Å². The summed E-state index contributed by atoms with van der Waals surface area (Å²) < 4.78 is 24.9. The molecule has 8 heteroatoms. The lowest BCUT2D eigenvalue weighted by Crippen LogP contribution is -2.48. The van der Waals surface area contributed by atoms with Gasteiger partial charge in [-0.1, -0.05) is 6.92 Å². The molecule has 1 rings (SSSR count). The molecule has 0 radical (unpaired) electrons. The summed E-state index contributed by atoms with van der Waals surface area (Å²) in [7, 11) is -1.46. The molecular formula is C17H37N5O2S. The Hall–Kier alpha value is -0.860. The fraction of sp³-hybridized carbons (Fsp3) is 0.941. The molecule has 1 aliphatic heterocycles. The van der Waals surface area contributed by atoms with Crippen LogP contribution in [0.4, 0.5) is 0 Å². The van der Waals surface area contributed by atoms with Crippen molar-refractivity contribution in [3.05, 3.63) is 0 Å². The van der Waals surface area contributed by atoms with Crippen LogP contribution in [0.25, 0.3) is 0 Å². The topological polar surface area (TPSA) is 77.0 Å². The third-order valence-corrected chi connectivity index (χ3v) is 6.42. The fourth-order valence-corrected chi connectivity index (χ4v) is 3.82. The Labute approximate surface area is 154 Å². The summed E-state index contributed by atoms with van der Waals surface area (Å²) in [6.45, 7) is 11.4. The summed E-state index contributed by atoms with van der Waals surface area (Å²) in [4.78, 5) is 7.12. The van der Waals surface area contributed by atoms with Crippen molar-refractivity contribution in [2.45, 2.75) is 52.5 Å². The van der Waals surface area contributed by atoms with E-state index in [1.54, 1.807) is 14.0 Å². The van der Waals surface area contributed by atoms with Crippen LogP contribution in [0.3, 0.4) is 0 Å². The van der Waals surface area contributed by atoms with Gasteiger partial charge in [-0.3, -0.25) is 4.99 Å². The molecule has 0 amide bonds. The Morgan fingerprint density at radius 3 is 2.48 bits per heavy atom. The molecule has 0 aliphatic carbocycles. The number of nitrogens with zero attached hydrogens (tertiary/aromatic N) is 3. The number of sulfonamides is 1. The predicted molar refractivity (Wildman–Crippen MR) is 106 cm³/mol. The van der Waals surface area contributed by atoms with Crippen LogP contribution in [0, 0.1) is 0 Å². The number of hydrogen-bond acceptors (Lipinski definition) is 4. The SMILES string of the molecule is CCCN1CCC(NC(=NCCCN(C)S(=O)(=O)CC)NCC)CC1. The molecule has 25 heavy (non-hydrogen) atoms. The van der Waals surface area contributed by atoms with Gasteiger partial charge in [0.1, 0.15) is 0 Å².